The molecule has 7 heteroatoms. The van der Waals surface area contributed by atoms with Crippen molar-refractivity contribution >= 4 is 17.4 Å². The van der Waals surface area contributed by atoms with Crippen molar-refractivity contribution in [1.82, 2.24) is 9.80 Å². The summed E-state index contributed by atoms with van der Waals surface area (Å²) in [6.07, 6.45) is 0. The fourth-order valence-corrected chi connectivity index (χ4v) is 3.80. The Morgan fingerprint density at radius 2 is 1.68 bits per heavy atom. The molecular weight excluding hydrogens is 399 g/mol. The van der Waals surface area contributed by atoms with Gasteiger partial charge in [0.05, 0.1) is 18.7 Å². The van der Waals surface area contributed by atoms with Gasteiger partial charge in [-0.05, 0) is 55.1 Å². The van der Waals surface area contributed by atoms with Gasteiger partial charge in [-0.2, -0.15) is 0 Å². The van der Waals surface area contributed by atoms with Crippen molar-refractivity contribution in [1.29, 1.82) is 0 Å². The van der Waals surface area contributed by atoms with Crippen LogP contribution in [0.4, 0.5) is 4.39 Å². The molecule has 0 bridgehead atoms. The van der Waals surface area contributed by atoms with Crippen LogP contribution < -0.4 is 4.74 Å². The van der Waals surface area contributed by atoms with E-state index >= 15 is 0 Å². The Hall–Kier alpha value is -3.19. The van der Waals surface area contributed by atoms with Crippen LogP contribution in [0.25, 0.3) is 5.76 Å². The number of methoxy groups -OCH3 is 1. The molecule has 6 nitrogen and oxygen atoms in total. The first-order valence-electron chi connectivity index (χ1n) is 10.3. The normalized spacial score (nSPS) is 18.1. The highest BCUT2D eigenvalue weighted by molar-refractivity contribution is 6.46. The first kappa shape index (κ1) is 22.5. The Balaban J connectivity index is 2.07. The minimum atomic E-state index is -0.793. The molecule has 1 unspecified atom stereocenters. The molecule has 164 valence electrons. The van der Waals surface area contributed by atoms with E-state index in [9.17, 15) is 19.1 Å². The number of ketones is 1. The van der Waals surface area contributed by atoms with Gasteiger partial charge in [0, 0.05) is 18.7 Å². The van der Waals surface area contributed by atoms with Crippen molar-refractivity contribution in [3.05, 3.63) is 71.0 Å². The Labute approximate surface area is 181 Å². The molecule has 31 heavy (non-hydrogen) atoms. The molecule has 0 spiro atoms. The Bertz CT molecular complexity index is 966. The van der Waals surface area contributed by atoms with Gasteiger partial charge in [-0.3, -0.25) is 9.59 Å². The topological polar surface area (TPSA) is 70.1 Å². The zero-order valence-electron chi connectivity index (χ0n) is 18.0. The molecule has 0 saturated carbocycles. The molecule has 1 fully saturated rings. The number of carbonyl (C=O) groups excluding carboxylic acids is 2. The molecule has 0 aliphatic carbocycles. The average Bonchev–Trinajstić information content (AvgIpc) is 3.05. The molecule has 1 amide bonds. The number of aliphatic hydroxyl groups excluding tert-OH is 1. The van der Waals surface area contributed by atoms with Crippen LogP contribution in [-0.2, 0) is 9.59 Å². The fraction of sp³-hybridized carbons (Fsp3) is 0.333. The number of Topliss-reactive ketones (excluding diaryl/α,β-unsaturated/α-hetero) is 1. The number of likely N-dealkylation sites (N-methyl/N-ethyl adjacent to an activating group) is 1. The molecule has 1 atom stereocenters. The Kier molecular flexibility index (Phi) is 7.07. The number of hydrogen-bond donors (Lipinski definition) is 1. The van der Waals surface area contributed by atoms with E-state index in [2.05, 4.69) is 4.90 Å². The molecule has 1 aliphatic heterocycles. The number of carbonyl (C=O) groups is 2. The predicted octanol–water partition coefficient (Wildman–Crippen LogP) is 3.60. The van der Waals surface area contributed by atoms with Gasteiger partial charge in [0.2, 0.25) is 0 Å². The quantitative estimate of drug-likeness (QED) is 0.397. The maximum Gasteiger partial charge on any atom is 0.295 e. The summed E-state index contributed by atoms with van der Waals surface area (Å²) >= 11 is 0. The fourth-order valence-electron chi connectivity index (χ4n) is 3.80. The van der Waals surface area contributed by atoms with Gasteiger partial charge >= 0.3 is 0 Å². The first-order valence-corrected chi connectivity index (χ1v) is 10.3. The maximum absolute atomic E-state index is 13.5. The Morgan fingerprint density at radius 1 is 1.06 bits per heavy atom. The number of likely N-dealkylation sites (tertiary alicyclic amines) is 1. The lowest BCUT2D eigenvalue weighted by atomic mass is 9.95. The highest BCUT2D eigenvalue weighted by atomic mass is 19.1. The number of benzene rings is 2. The van der Waals surface area contributed by atoms with Gasteiger partial charge in [0.15, 0.2) is 0 Å². The molecule has 1 heterocycles. The zero-order chi connectivity index (χ0) is 22.5. The van der Waals surface area contributed by atoms with E-state index in [0.717, 1.165) is 13.1 Å². The minimum absolute atomic E-state index is 0.00122. The third-order valence-electron chi connectivity index (χ3n) is 5.64. The number of amides is 1. The maximum atomic E-state index is 13.5. The zero-order valence-corrected chi connectivity index (χ0v) is 18.0. The summed E-state index contributed by atoms with van der Waals surface area (Å²) in [6.45, 7) is 6.58. The van der Waals surface area contributed by atoms with E-state index in [0.29, 0.717) is 30.0 Å². The average molecular weight is 426 g/mol. The number of nitrogens with zero attached hydrogens (tertiary/aromatic N) is 2. The molecule has 0 radical (unpaired) electrons. The third-order valence-corrected chi connectivity index (χ3v) is 5.64. The van der Waals surface area contributed by atoms with Crippen molar-refractivity contribution in [2.24, 2.45) is 0 Å². The molecule has 0 aromatic heterocycles. The van der Waals surface area contributed by atoms with Crippen molar-refractivity contribution < 1.29 is 23.8 Å². The lowest BCUT2D eigenvalue weighted by Crippen LogP contribution is -2.38. The summed E-state index contributed by atoms with van der Waals surface area (Å²) in [5.74, 6) is -1.50. The largest absolute Gasteiger partial charge is 0.507 e. The van der Waals surface area contributed by atoms with Crippen molar-refractivity contribution in [3.63, 3.8) is 0 Å². The molecule has 2 aromatic carbocycles. The third kappa shape index (κ3) is 4.61. The van der Waals surface area contributed by atoms with Crippen molar-refractivity contribution in [2.45, 2.75) is 19.9 Å². The number of ether oxygens (including phenoxy) is 1. The van der Waals surface area contributed by atoms with Gasteiger partial charge in [-0.25, -0.2) is 4.39 Å². The first-order chi connectivity index (χ1) is 14.9. The lowest BCUT2D eigenvalue weighted by molar-refractivity contribution is -0.140. The van der Waals surface area contributed by atoms with Crippen LogP contribution in [0.5, 0.6) is 5.75 Å². The van der Waals surface area contributed by atoms with Crippen LogP contribution in [0.3, 0.4) is 0 Å². The number of halogens is 1. The summed E-state index contributed by atoms with van der Waals surface area (Å²) < 4.78 is 18.7. The van der Waals surface area contributed by atoms with Crippen LogP contribution in [0.2, 0.25) is 0 Å². The smallest absolute Gasteiger partial charge is 0.295 e. The molecule has 1 N–H and O–H groups in total. The summed E-state index contributed by atoms with van der Waals surface area (Å²) in [5.41, 5.74) is 0.964. The van der Waals surface area contributed by atoms with Gasteiger partial charge in [-0.15, -0.1) is 0 Å². The lowest BCUT2D eigenvalue weighted by Gasteiger charge is -2.28. The molecule has 1 aliphatic rings. The molecular formula is C24H27FN2O4. The second-order valence-corrected chi connectivity index (χ2v) is 7.30. The van der Waals surface area contributed by atoms with Gasteiger partial charge in [0.25, 0.3) is 11.7 Å². The second-order valence-electron chi connectivity index (χ2n) is 7.30. The van der Waals surface area contributed by atoms with Crippen LogP contribution in [0.1, 0.15) is 31.0 Å². The van der Waals surface area contributed by atoms with Crippen LogP contribution in [-0.4, -0.2) is 59.9 Å². The number of aliphatic hydroxyl groups is 1. The van der Waals surface area contributed by atoms with E-state index in [-0.39, 0.29) is 11.3 Å². The van der Waals surface area contributed by atoms with Gasteiger partial charge in [0.1, 0.15) is 17.3 Å². The number of rotatable bonds is 8. The summed E-state index contributed by atoms with van der Waals surface area (Å²) in [6, 6.07) is 11.4. The number of hydrogen-bond acceptors (Lipinski definition) is 5. The van der Waals surface area contributed by atoms with E-state index < -0.39 is 23.5 Å². The van der Waals surface area contributed by atoms with Crippen LogP contribution in [0, 0.1) is 5.82 Å². The van der Waals surface area contributed by atoms with Crippen LogP contribution in [0.15, 0.2) is 54.1 Å². The van der Waals surface area contributed by atoms with Crippen LogP contribution >= 0.6 is 0 Å². The van der Waals surface area contributed by atoms with Crippen molar-refractivity contribution in [3.8, 4) is 5.75 Å². The standard InChI is InChI=1S/C24H27FN2O4/c1-4-26(5-2)14-15-27-21(16-6-10-18(25)11-7-16)20(23(29)24(27)30)22(28)17-8-12-19(31-3)13-9-17/h6-13,21,28H,4-5,14-15H2,1-3H3/b22-20+. The molecule has 2 aromatic rings. The van der Waals surface area contributed by atoms with E-state index in [1.807, 2.05) is 13.8 Å². The molecule has 1 saturated heterocycles. The monoisotopic (exact) mass is 426 g/mol. The Morgan fingerprint density at radius 3 is 2.23 bits per heavy atom. The highest BCUT2D eigenvalue weighted by Gasteiger charge is 2.45. The molecule has 3 rings (SSSR count). The summed E-state index contributed by atoms with van der Waals surface area (Å²) in [4.78, 5) is 29.5. The van der Waals surface area contributed by atoms with E-state index in [1.54, 1.807) is 24.3 Å². The van der Waals surface area contributed by atoms with E-state index in [4.69, 9.17) is 4.74 Å². The predicted molar refractivity (Wildman–Crippen MR) is 116 cm³/mol. The second kappa shape index (κ2) is 9.75. The van der Waals surface area contributed by atoms with Gasteiger partial charge in [-0.1, -0.05) is 26.0 Å². The summed E-state index contributed by atoms with van der Waals surface area (Å²) in [7, 11) is 1.53. The van der Waals surface area contributed by atoms with E-state index in [1.165, 1.54) is 36.3 Å². The summed E-state index contributed by atoms with van der Waals surface area (Å²) in [5, 5.41) is 11.0. The SMILES string of the molecule is CCN(CC)CCN1C(=O)C(=O)/C(=C(/O)c2ccc(OC)cc2)C1c1ccc(F)cc1. The minimum Gasteiger partial charge on any atom is -0.507 e. The van der Waals surface area contributed by atoms with Gasteiger partial charge < -0.3 is 19.6 Å². The highest BCUT2D eigenvalue weighted by Crippen LogP contribution is 2.39. The van der Waals surface area contributed by atoms with Crippen molar-refractivity contribution in [2.75, 3.05) is 33.3 Å².